The van der Waals surface area contributed by atoms with Crippen LogP contribution in [-0.2, 0) is 4.79 Å². The van der Waals surface area contributed by atoms with E-state index in [4.69, 9.17) is 5.11 Å². The monoisotopic (exact) mass is 228 g/mol. The molecule has 0 spiro atoms. The summed E-state index contributed by atoms with van der Waals surface area (Å²) < 4.78 is 0. The number of rotatable bonds is 4. The molecule has 0 aromatic rings. The molecule has 0 aliphatic carbocycles. The molecule has 94 valence electrons. The molecule has 0 radical (unpaired) electrons. The fourth-order valence-corrected chi connectivity index (χ4v) is 2.27. The maximum atomic E-state index is 12.1. The van der Waals surface area contributed by atoms with Gasteiger partial charge in [0.2, 0.25) is 5.91 Å². The van der Waals surface area contributed by atoms with Crippen LogP contribution in [0.3, 0.4) is 0 Å². The van der Waals surface area contributed by atoms with Crippen LogP contribution in [0.1, 0.15) is 34.1 Å². The number of carbonyl (C=O) groups is 1. The molecule has 1 rings (SSSR count). The lowest BCUT2D eigenvalue weighted by Gasteiger charge is -2.43. The summed E-state index contributed by atoms with van der Waals surface area (Å²) >= 11 is 0. The Kier molecular flexibility index (Phi) is 4.33. The average molecular weight is 228 g/mol. The molecule has 1 aliphatic heterocycles. The molecule has 2 N–H and O–H groups in total. The number of piperazine rings is 1. The summed E-state index contributed by atoms with van der Waals surface area (Å²) in [5, 5.41) is 12.3. The molecule has 4 heteroatoms. The first-order valence-corrected chi connectivity index (χ1v) is 6.03. The summed E-state index contributed by atoms with van der Waals surface area (Å²) in [6.07, 6.45) is 0.497. The van der Waals surface area contributed by atoms with Crippen molar-refractivity contribution in [2.24, 2.45) is 5.92 Å². The van der Waals surface area contributed by atoms with Crippen LogP contribution in [0.2, 0.25) is 0 Å². The number of aliphatic hydroxyl groups excluding tert-OH is 1. The number of nitrogens with one attached hydrogen (secondary N) is 1. The summed E-state index contributed by atoms with van der Waals surface area (Å²) in [6, 6.07) is -0.229. The predicted molar refractivity (Wildman–Crippen MR) is 64.1 cm³/mol. The minimum absolute atomic E-state index is 0.0506. The van der Waals surface area contributed by atoms with Gasteiger partial charge in [0.05, 0.1) is 6.04 Å². The van der Waals surface area contributed by atoms with Crippen molar-refractivity contribution in [3.63, 3.8) is 0 Å². The van der Waals surface area contributed by atoms with Crippen LogP contribution in [0.15, 0.2) is 0 Å². The van der Waals surface area contributed by atoms with Crippen LogP contribution in [0.4, 0.5) is 0 Å². The fraction of sp³-hybridized carbons (Fsp3) is 0.917. The summed E-state index contributed by atoms with van der Waals surface area (Å²) in [5.41, 5.74) is -0.0668. The van der Waals surface area contributed by atoms with Crippen molar-refractivity contribution in [1.29, 1.82) is 0 Å². The number of nitrogens with zero attached hydrogens (tertiary/aromatic N) is 1. The van der Waals surface area contributed by atoms with E-state index in [1.807, 2.05) is 4.90 Å². The van der Waals surface area contributed by atoms with Gasteiger partial charge in [-0.15, -0.1) is 0 Å². The van der Waals surface area contributed by atoms with E-state index in [1.54, 1.807) is 0 Å². The first-order valence-electron chi connectivity index (χ1n) is 6.03. The second-order valence-electron chi connectivity index (χ2n) is 5.71. The van der Waals surface area contributed by atoms with E-state index in [9.17, 15) is 4.79 Å². The lowest BCUT2D eigenvalue weighted by atomic mass is 9.96. The highest BCUT2D eigenvalue weighted by Gasteiger charge is 2.37. The number of hydrogen-bond acceptors (Lipinski definition) is 3. The third-order valence-corrected chi connectivity index (χ3v) is 2.76. The first kappa shape index (κ1) is 13.5. The largest absolute Gasteiger partial charge is 0.396 e. The minimum atomic E-state index is -0.229. The zero-order valence-corrected chi connectivity index (χ0v) is 10.8. The number of amides is 1. The fourth-order valence-electron chi connectivity index (χ4n) is 2.27. The van der Waals surface area contributed by atoms with Crippen molar-refractivity contribution in [3.05, 3.63) is 0 Å². The highest BCUT2D eigenvalue weighted by molar-refractivity contribution is 5.83. The lowest BCUT2D eigenvalue weighted by molar-refractivity contribution is -0.139. The summed E-state index contributed by atoms with van der Waals surface area (Å²) in [5.74, 6) is 0.606. The molecule has 1 atom stereocenters. The molecule has 1 unspecified atom stereocenters. The zero-order valence-electron chi connectivity index (χ0n) is 10.8. The van der Waals surface area contributed by atoms with Crippen LogP contribution >= 0.6 is 0 Å². The summed E-state index contributed by atoms with van der Waals surface area (Å²) in [7, 11) is 0. The van der Waals surface area contributed by atoms with Crippen LogP contribution < -0.4 is 5.32 Å². The molecule has 0 saturated carbocycles. The van der Waals surface area contributed by atoms with Gasteiger partial charge in [-0.3, -0.25) is 10.1 Å². The number of carbonyl (C=O) groups excluding carboxylic acids is 1. The van der Waals surface area contributed by atoms with Crippen molar-refractivity contribution in [1.82, 2.24) is 10.2 Å². The third-order valence-electron chi connectivity index (χ3n) is 2.76. The van der Waals surface area contributed by atoms with E-state index in [0.29, 0.717) is 12.3 Å². The zero-order chi connectivity index (χ0) is 12.3. The third kappa shape index (κ3) is 3.46. The second-order valence-corrected chi connectivity index (χ2v) is 5.71. The molecular formula is C12H24N2O2. The Bertz CT molecular complexity index is 251. The SMILES string of the molecule is CC(C)CN1CC(C)(C)NC(CCO)C1=O. The van der Waals surface area contributed by atoms with Crippen LogP contribution in [0.25, 0.3) is 0 Å². The van der Waals surface area contributed by atoms with E-state index in [-0.39, 0.29) is 24.1 Å². The molecule has 1 amide bonds. The normalized spacial score (nSPS) is 25.2. The molecule has 1 fully saturated rings. The average Bonchev–Trinajstić information content (AvgIpc) is 2.11. The molecule has 0 bridgehead atoms. The molecule has 1 aliphatic rings. The van der Waals surface area contributed by atoms with E-state index >= 15 is 0 Å². The van der Waals surface area contributed by atoms with Gasteiger partial charge in [0.25, 0.3) is 0 Å². The highest BCUT2D eigenvalue weighted by atomic mass is 16.3. The number of aliphatic hydroxyl groups is 1. The number of hydrogen-bond donors (Lipinski definition) is 2. The van der Waals surface area contributed by atoms with Crippen molar-refractivity contribution < 1.29 is 9.90 Å². The van der Waals surface area contributed by atoms with Crippen molar-refractivity contribution in [2.75, 3.05) is 19.7 Å². The van der Waals surface area contributed by atoms with Gasteiger partial charge in [0, 0.05) is 25.2 Å². The van der Waals surface area contributed by atoms with Gasteiger partial charge in [0.1, 0.15) is 0 Å². The van der Waals surface area contributed by atoms with Crippen molar-refractivity contribution >= 4 is 5.91 Å². The first-order chi connectivity index (χ1) is 7.35. The molecule has 1 heterocycles. The maximum absolute atomic E-state index is 12.1. The van der Waals surface area contributed by atoms with Gasteiger partial charge in [-0.1, -0.05) is 13.8 Å². The lowest BCUT2D eigenvalue weighted by Crippen LogP contribution is -2.65. The van der Waals surface area contributed by atoms with Crippen LogP contribution in [-0.4, -0.2) is 47.2 Å². The molecule has 0 aromatic heterocycles. The standard InChI is InChI=1S/C12H24N2O2/c1-9(2)7-14-8-12(3,4)13-10(5-6-15)11(14)16/h9-10,13,15H,5-8H2,1-4H3. The Morgan fingerprint density at radius 2 is 2.19 bits per heavy atom. The van der Waals surface area contributed by atoms with Gasteiger partial charge in [-0.2, -0.15) is 0 Å². The topological polar surface area (TPSA) is 52.6 Å². The molecule has 4 nitrogen and oxygen atoms in total. The van der Waals surface area contributed by atoms with E-state index in [0.717, 1.165) is 13.1 Å². The predicted octanol–water partition coefficient (Wildman–Crippen LogP) is 0.604. The molecule has 1 saturated heterocycles. The Hall–Kier alpha value is -0.610. The molecule has 16 heavy (non-hydrogen) atoms. The van der Waals surface area contributed by atoms with Gasteiger partial charge < -0.3 is 10.0 Å². The minimum Gasteiger partial charge on any atom is -0.396 e. The van der Waals surface area contributed by atoms with Crippen LogP contribution in [0, 0.1) is 5.92 Å². The highest BCUT2D eigenvalue weighted by Crippen LogP contribution is 2.18. The van der Waals surface area contributed by atoms with Crippen molar-refractivity contribution in [2.45, 2.75) is 45.7 Å². The molecular weight excluding hydrogens is 204 g/mol. The quantitative estimate of drug-likeness (QED) is 0.741. The van der Waals surface area contributed by atoms with Gasteiger partial charge in [-0.25, -0.2) is 0 Å². The van der Waals surface area contributed by atoms with Crippen LogP contribution in [0.5, 0.6) is 0 Å². The Morgan fingerprint density at radius 1 is 1.56 bits per heavy atom. The Balaban J connectivity index is 2.72. The van der Waals surface area contributed by atoms with Gasteiger partial charge in [-0.05, 0) is 26.2 Å². The van der Waals surface area contributed by atoms with Gasteiger partial charge >= 0.3 is 0 Å². The van der Waals surface area contributed by atoms with E-state index < -0.39 is 0 Å². The smallest absolute Gasteiger partial charge is 0.239 e. The molecule has 0 aromatic carbocycles. The maximum Gasteiger partial charge on any atom is 0.239 e. The summed E-state index contributed by atoms with van der Waals surface area (Å²) in [4.78, 5) is 14.0. The van der Waals surface area contributed by atoms with Crippen molar-refractivity contribution in [3.8, 4) is 0 Å². The van der Waals surface area contributed by atoms with E-state index in [2.05, 4.69) is 33.0 Å². The van der Waals surface area contributed by atoms with Gasteiger partial charge in [0.15, 0.2) is 0 Å². The Labute approximate surface area is 98.0 Å². The Morgan fingerprint density at radius 3 is 2.69 bits per heavy atom. The summed E-state index contributed by atoms with van der Waals surface area (Å²) in [6.45, 7) is 10.0. The second kappa shape index (κ2) is 5.15. The van der Waals surface area contributed by atoms with E-state index in [1.165, 1.54) is 0 Å².